The highest BCUT2D eigenvalue weighted by molar-refractivity contribution is 5.93. The molecule has 2 aromatic carbocycles. The van der Waals surface area contributed by atoms with Gasteiger partial charge in [0.05, 0.1) is 24.7 Å². The van der Waals surface area contributed by atoms with E-state index in [1.165, 1.54) is 6.07 Å². The number of benzene rings is 2. The molecule has 0 aliphatic heterocycles. The van der Waals surface area contributed by atoms with E-state index in [1.54, 1.807) is 43.3 Å². The van der Waals surface area contributed by atoms with Gasteiger partial charge in [0.25, 0.3) is 0 Å². The quantitative estimate of drug-likeness (QED) is 0.890. The van der Waals surface area contributed by atoms with Crippen molar-refractivity contribution in [1.29, 1.82) is 5.26 Å². The number of carbonyl (C=O) groups excluding carboxylic acids is 1. The fourth-order valence-electron chi connectivity index (χ4n) is 1.94. The molecule has 0 aliphatic carbocycles. The summed E-state index contributed by atoms with van der Waals surface area (Å²) in [6, 6.07) is 13.9. The number of nitrogens with one attached hydrogen (secondary N) is 2. The minimum Gasteiger partial charge on any atom is -0.374 e. The number of aryl methyl sites for hydroxylation is 1. The van der Waals surface area contributed by atoms with E-state index >= 15 is 0 Å². The van der Waals surface area contributed by atoms with Gasteiger partial charge in [0.15, 0.2) is 0 Å². The predicted molar refractivity (Wildman–Crippen MR) is 84.0 cm³/mol. The Kier molecular flexibility index (Phi) is 5.10. The first-order valence-corrected chi connectivity index (χ1v) is 6.84. The van der Waals surface area contributed by atoms with Crippen LogP contribution in [-0.4, -0.2) is 12.5 Å². The Bertz CT molecular complexity index is 705. The Morgan fingerprint density at radius 3 is 2.59 bits per heavy atom. The van der Waals surface area contributed by atoms with Crippen molar-refractivity contribution in [3.05, 3.63) is 59.4 Å². The summed E-state index contributed by atoms with van der Waals surface area (Å²) < 4.78 is 13.6. The first-order chi connectivity index (χ1) is 10.6. The van der Waals surface area contributed by atoms with Crippen LogP contribution in [0, 0.1) is 24.1 Å². The number of hydrogen-bond acceptors (Lipinski definition) is 3. The number of hydrogen-bond donors (Lipinski definition) is 2. The molecule has 2 rings (SSSR count). The molecule has 0 aliphatic rings. The molecule has 4 nitrogen and oxygen atoms in total. The molecule has 0 aromatic heterocycles. The maximum Gasteiger partial charge on any atom is 0.243 e. The van der Waals surface area contributed by atoms with Crippen molar-refractivity contribution < 1.29 is 9.18 Å². The average Bonchev–Trinajstić information content (AvgIpc) is 2.49. The number of anilines is 2. The highest BCUT2D eigenvalue weighted by atomic mass is 19.1. The van der Waals surface area contributed by atoms with Crippen LogP contribution < -0.4 is 10.6 Å². The van der Waals surface area contributed by atoms with Crippen LogP contribution in [0.2, 0.25) is 0 Å². The Morgan fingerprint density at radius 1 is 1.23 bits per heavy atom. The Morgan fingerprint density at radius 2 is 1.95 bits per heavy atom. The summed E-state index contributed by atoms with van der Waals surface area (Å²) in [5, 5.41) is 14.1. The molecule has 0 bridgehead atoms. The molecule has 1 amide bonds. The van der Waals surface area contributed by atoms with Crippen LogP contribution in [0.3, 0.4) is 0 Å². The Labute approximate surface area is 128 Å². The number of nitrogens with zero attached hydrogens (tertiary/aromatic N) is 1. The van der Waals surface area contributed by atoms with E-state index in [0.29, 0.717) is 17.8 Å². The van der Waals surface area contributed by atoms with Crippen molar-refractivity contribution in [3.8, 4) is 6.07 Å². The van der Waals surface area contributed by atoms with Crippen LogP contribution in [0.1, 0.15) is 11.1 Å². The summed E-state index contributed by atoms with van der Waals surface area (Å²) in [6.45, 7) is 1.77. The van der Waals surface area contributed by atoms with Crippen molar-refractivity contribution in [2.75, 3.05) is 17.2 Å². The van der Waals surface area contributed by atoms with E-state index in [0.717, 1.165) is 11.1 Å². The Balaban J connectivity index is 1.89. The molecule has 2 N–H and O–H groups in total. The molecule has 0 saturated carbocycles. The molecule has 22 heavy (non-hydrogen) atoms. The van der Waals surface area contributed by atoms with Crippen LogP contribution in [0.25, 0.3) is 0 Å². The summed E-state index contributed by atoms with van der Waals surface area (Å²) in [5.41, 5.74) is 2.65. The summed E-state index contributed by atoms with van der Waals surface area (Å²) in [5.74, 6) is -0.651. The second kappa shape index (κ2) is 7.23. The first kappa shape index (κ1) is 15.5. The normalized spacial score (nSPS) is 9.86. The van der Waals surface area contributed by atoms with Gasteiger partial charge in [0.2, 0.25) is 5.91 Å². The van der Waals surface area contributed by atoms with E-state index in [4.69, 9.17) is 5.26 Å². The zero-order valence-corrected chi connectivity index (χ0v) is 12.2. The fourth-order valence-corrected chi connectivity index (χ4v) is 1.94. The molecule has 0 radical (unpaired) electrons. The van der Waals surface area contributed by atoms with Gasteiger partial charge in [-0.1, -0.05) is 18.2 Å². The lowest BCUT2D eigenvalue weighted by Crippen LogP contribution is -2.22. The summed E-state index contributed by atoms with van der Waals surface area (Å²) in [7, 11) is 0. The van der Waals surface area contributed by atoms with Gasteiger partial charge in [0.1, 0.15) is 5.82 Å². The number of nitriles is 1. The van der Waals surface area contributed by atoms with E-state index in [1.807, 2.05) is 0 Å². The molecule has 112 valence electrons. The number of halogens is 1. The van der Waals surface area contributed by atoms with E-state index in [-0.39, 0.29) is 18.3 Å². The molecule has 0 spiro atoms. The maximum absolute atomic E-state index is 13.6. The fraction of sp³-hybridized carbons (Fsp3) is 0.176. The first-order valence-electron chi connectivity index (χ1n) is 6.84. The zero-order valence-electron chi connectivity index (χ0n) is 12.2. The minimum atomic E-state index is -0.381. The largest absolute Gasteiger partial charge is 0.374 e. The lowest BCUT2D eigenvalue weighted by atomic mass is 10.1. The van der Waals surface area contributed by atoms with Crippen LogP contribution in [0.5, 0.6) is 0 Å². The zero-order chi connectivity index (χ0) is 15.9. The van der Waals surface area contributed by atoms with Crippen LogP contribution in [-0.2, 0) is 11.2 Å². The van der Waals surface area contributed by atoms with E-state index in [9.17, 15) is 9.18 Å². The second-order valence-electron chi connectivity index (χ2n) is 4.92. The molecular formula is C17H16FN3O. The third-order valence-electron chi connectivity index (χ3n) is 3.08. The van der Waals surface area contributed by atoms with Crippen LogP contribution >= 0.6 is 0 Å². The minimum absolute atomic E-state index is 0.0278. The molecule has 5 heteroatoms. The van der Waals surface area contributed by atoms with Crippen molar-refractivity contribution in [2.45, 2.75) is 13.3 Å². The van der Waals surface area contributed by atoms with Crippen LogP contribution in [0.4, 0.5) is 15.8 Å². The second-order valence-corrected chi connectivity index (χ2v) is 4.92. The van der Waals surface area contributed by atoms with Crippen molar-refractivity contribution >= 4 is 17.3 Å². The standard InChI is InChI=1S/C17H16FN3O/c1-12-2-7-16(15(18)10-12)20-11-17(22)21-14-5-3-13(4-6-14)8-9-19/h2-7,10,20H,8,11H2,1H3,(H,21,22). The topological polar surface area (TPSA) is 64.9 Å². The third kappa shape index (κ3) is 4.32. The molecule has 0 unspecified atom stereocenters. The van der Waals surface area contributed by atoms with Crippen LogP contribution in [0.15, 0.2) is 42.5 Å². The van der Waals surface area contributed by atoms with Gasteiger partial charge in [-0.3, -0.25) is 4.79 Å². The molecule has 0 heterocycles. The van der Waals surface area contributed by atoms with E-state index in [2.05, 4.69) is 16.7 Å². The molecule has 2 aromatic rings. The lowest BCUT2D eigenvalue weighted by molar-refractivity contribution is -0.114. The smallest absolute Gasteiger partial charge is 0.243 e. The van der Waals surface area contributed by atoms with Crippen molar-refractivity contribution in [1.82, 2.24) is 0 Å². The van der Waals surface area contributed by atoms with Gasteiger partial charge < -0.3 is 10.6 Å². The third-order valence-corrected chi connectivity index (χ3v) is 3.08. The van der Waals surface area contributed by atoms with Gasteiger partial charge in [-0.2, -0.15) is 5.26 Å². The summed E-state index contributed by atoms with van der Waals surface area (Å²) in [6.07, 6.45) is 0.336. The Hall–Kier alpha value is -2.87. The van der Waals surface area contributed by atoms with Crippen molar-refractivity contribution in [2.24, 2.45) is 0 Å². The lowest BCUT2D eigenvalue weighted by Gasteiger charge is -2.09. The average molecular weight is 297 g/mol. The van der Waals surface area contributed by atoms with Gasteiger partial charge in [-0.05, 0) is 42.3 Å². The number of rotatable bonds is 5. The predicted octanol–water partition coefficient (Wildman–Crippen LogP) is 3.25. The molecule has 0 saturated heterocycles. The van der Waals surface area contributed by atoms with Gasteiger partial charge in [-0.15, -0.1) is 0 Å². The molecule has 0 atom stereocenters. The van der Waals surface area contributed by atoms with E-state index < -0.39 is 0 Å². The highest BCUT2D eigenvalue weighted by Crippen LogP contribution is 2.15. The molecular weight excluding hydrogens is 281 g/mol. The van der Waals surface area contributed by atoms with Gasteiger partial charge in [-0.25, -0.2) is 4.39 Å². The monoisotopic (exact) mass is 297 g/mol. The SMILES string of the molecule is Cc1ccc(NCC(=O)Nc2ccc(CC#N)cc2)c(F)c1. The highest BCUT2D eigenvalue weighted by Gasteiger charge is 2.05. The maximum atomic E-state index is 13.6. The van der Waals surface area contributed by atoms with Gasteiger partial charge >= 0.3 is 0 Å². The summed E-state index contributed by atoms with van der Waals surface area (Å²) in [4.78, 5) is 11.8. The number of amides is 1. The van der Waals surface area contributed by atoms with Crippen molar-refractivity contribution in [3.63, 3.8) is 0 Å². The molecule has 0 fully saturated rings. The van der Waals surface area contributed by atoms with Gasteiger partial charge in [0, 0.05) is 5.69 Å². The number of carbonyl (C=O) groups is 1. The summed E-state index contributed by atoms with van der Waals surface area (Å²) >= 11 is 0.